The van der Waals surface area contributed by atoms with E-state index in [0.717, 1.165) is 28.1 Å². The minimum atomic E-state index is 0.853. The SMILES string of the molecule is CCNc1nnc(-c2cc(C)nn2C)s1. The molecular formula is C9H13N5S. The minimum absolute atomic E-state index is 0.853. The van der Waals surface area contributed by atoms with E-state index in [4.69, 9.17) is 0 Å². The van der Waals surface area contributed by atoms with E-state index >= 15 is 0 Å². The first-order valence-corrected chi connectivity index (χ1v) is 5.60. The summed E-state index contributed by atoms with van der Waals surface area (Å²) in [6.07, 6.45) is 0. The van der Waals surface area contributed by atoms with E-state index < -0.39 is 0 Å². The summed E-state index contributed by atoms with van der Waals surface area (Å²) in [6, 6.07) is 2.01. The fraction of sp³-hybridized carbons (Fsp3) is 0.444. The molecule has 0 aliphatic carbocycles. The van der Waals surface area contributed by atoms with Crippen LogP contribution in [0.2, 0.25) is 0 Å². The first-order valence-electron chi connectivity index (χ1n) is 4.79. The first-order chi connectivity index (χ1) is 7.20. The predicted octanol–water partition coefficient (Wildman–Crippen LogP) is 1.68. The Hall–Kier alpha value is -1.43. The molecule has 0 unspecified atom stereocenters. The van der Waals surface area contributed by atoms with Crippen molar-refractivity contribution >= 4 is 16.5 Å². The van der Waals surface area contributed by atoms with Crippen LogP contribution in [-0.4, -0.2) is 26.5 Å². The zero-order chi connectivity index (χ0) is 10.8. The van der Waals surface area contributed by atoms with Crippen molar-refractivity contribution in [3.63, 3.8) is 0 Å². The number of hydrogen-bond donors (Lipinski definition) is 1. The molecule has 15 heavy (non-hydrogen) atoms. The first kappa shape index (κ1) is 10.1. The maximum Gasteiger partial charge on any atom is 0.206 e. The van der Waals surface area contributed by atoms with Gasteiger partial charge in [-0.05, 0) is 19.9 Å². The number of aromatic nitrogens is 4. The Balaban J connectivity index is 2.32. The number of aryl methyl sites for hydroxylation is 2. The van der Waals surface area contributed by atoms with Crippen LogP contribution in [0.3, 0.4) is 0 Å². The van der Waals surface area contributed by atoms with Gasteiger partial charge in [-0.1, -0.05) is 11.3 Å². The molecule has 0 saturated heterocycles. The third-order valence-corrected chi connectivity index (χ3v) is 2.88. The lowest BCUT2D eigenvalue weighted by Crippen LogP contribution is -1.94. The third kappa shape index (κ3) is 1.99. The standard InChI is InChI=1S/C9H13N5S/c1-4-10-9-12-11-8(15-9)7-5-6(2)13-14(7)3/h5H,4H2,1-3H3,(H,10,12). The summed E-state index contributed by atoms with van der Waals surface area (Å²) >= 11 is 1.54. The summed E-state index contributed by atoms with van der Waals surface area (Å²) in [5, 5.41) is 17.3. The van der Waals surface area contributed by atoms with Crippen molar-refractivity contribution in [2.24, 2.45) is 7.05 Å². The minimum Gasteiger partial charge on any atom is -0.360 e. The summed E-state index contributed by atoms with van der Waals surface area (Å²) in [6.45, 7) is 4.87. The molecule has 0 fully saturated rings. The van der Waals surface area contributed by atoms with Gasteiger partial charge in [-0.2, -0.15) is 5.10 Å². The van der Waals surface area contributed by atoms with Crippen molar-refractivity contribution in [2.45, 2.75) is 13.8 Å². The van der Waals surface area contributed by atoms with Crippen LogP contribution in [0.15, 0.2) is 6.07 Å². The molecule has 6 heteroatoms. The molecule has 2 aromatic heterocycles. The van der Waals surface area contributed by atoms with Gasteiger partial charge in [0.05, 0.1) is 11.4 Å². The summed E-state index contributed by atoms with van der Waals surface area (Å²) in [5.74, 6) is 0. The maximum atomic E-state index is 4.28. The van der Waals surface area contributed by atoms with Crippen LogP contribution in [-0.2, 0) is 7.05 Å². The van der Waals surface area contributed by atoms with E-state index in [9.17, 15) is 0 Å². The second-order valence-corrected chi connectivity index (χ2v) is 4.21. The number of anilines is 1. The van der Waals surface area contributed by atoms with E-state index in [-0.39, 0.29) is 0 Å². The number of hydrogen-bond acceptors (Lipinski definition) is 5. The van der Waals surface area contributed by atoms with E-state index in [1.807, 2.05) is 31.6 Å². The fourth-order valence-electron chi connectivity index (χ4n) is 1.36. The highest BCUT2D eigenvalue weighted by molar-refractivity contribution is 7.18. The maximum absolute atomic E-state index is 4.28. The Kier molecular flexibility index (Phi) is 2.68. The Morgan fingerprint density at radius 1 is 1.47 bits per heavy atom. The summed E-state index contributed by atoms with van der Waals surface area (Å²) in [4.78, 5) is 0. The smallest absolute Gasteiger partial charge is 0.206 e. The number of rotatable bonds is 3. The molecule has 2 aromatic rings. The summed E-state index contributed by atoms with van der Waals surface area (Å²) < 4.78 is 1.82. The van der Waals surface area contributed by atoms with Gasteiger partial charge in [0.15, 0.2) is 5.01 Å². The zero-order valence-corrected chi connectivity index (χ0v) is 9.80. The second-order valence-electron chi connectivity index (χ2n) is 3.24. The van der Waals surface area contributed by atoms with Gasteiger partial charge in [0, 0.05) is 13.6 Å². The van der Waals surface area contributed by atoms with Crippen molar-refractivity contribution < 1.29 is 0 Å². The van der Waals surface area contributed by atoms with E-state index in [1.165, 1.54) is 0 Å². The van der Waals surface area contributed by atoms with Crippen LogP contribution >= 0.6 is 11.3 Å². The van der Waals surface area contributed by atoms with Crippen molar-refractivity contribution in [1.29, 1.82) is 0 Å². The summed E-state index contributed by atoms with van der Waals surface area (Å²) in [7, 11) is 1.91. The second kappa shape index (κ2) is 3.98. The van der Waals surface area contributed by atoms with Crippen molar-refractivity contribution in [2.75, 3.05) is 11.9 Å². The highest BCUT2D eigenvalue weighted by Gasteiger charge is 2.10. The molecule has 0 spiro atoms. The topological polar surface area (TPSA) is 55.6 Å². The van der Waals surface area contributed by atoms with Gasteiger partial charge in [0.2, 0.25) is 5.13 Å². The molecular weight excluding hydrogens is 210 g/mol. The van der Waals surface area contributed by atoms with Gasteiger partial charge >= 0.3 is 0 Å². The molecule has 80 valence electrons. The average molecular weight is 223 g/mol. The molecule has 2 heterocycles. The van der Waals surface area contributed by atoms with E-state index in [2.05, 4.69) is 20.6 Å². The third-order valence-electron chi connectivity index (χ3n) is 1.97. The molecule has 2 rings (SSSR count). The average Bonchev–Trinajstić information content (AvgIpc) is 2.73. The number of nitrogens with one attached hydrogen (secondary N) is 1. The normalized spacial score (nSPS) is 10.6. The molecule has 0 atom stereocenters. The Morgan fingerprint density at radius 2 is 2.27 bits per heavy atom. The fourth-order valence-corrected chi connectivity index (χ4v) is 2.22. The Morgan fingerprint density at radius 3 is 2.87 bits per heavy atom. The Labute approximate surface area is 92.2 Å². The van der Waals surface area contributed by atoms with E-state index in [1.54, 1.807) is 11.3 Å². The molecule has 0 bridgehead atoms. The monoisotopic (exact) mass is 223 g/mol. The van der Waals surface area contributed by atoms with Gasteiger partial charge in [0.1, 0.15) is 0 Å². The van der Waals surface area contributed by atoms with Gasteiger partial charge < -0.3 is 5.32 Å². The van der Waals surface area contributed by atoms with Gasteiger partial charge in [-0.3, -0.25) is 4.68 Å². The largest absolute Gasteiger partial charge is 0.360 e. The van der Waals surface area contributed by atoms with Crippen LogP contribution in [0.5, 0.6) is 0 Å². The molecule has 5 nitrogen and oxygen atoms in total. The van der Waals surface area contributed by atoms with Crippen LogP contribution in [0.1, 0.15) is 12.6 Å². The van der Waals surface area contributed by atoms with Crippen LogP contribution in [0, 0.1) is 6.92 Å². The van der Waals surface area contributed by atoms with Crippen molar-refractivity contribution in [3.8, 4) is 10.7 Å². The quantitative estimate of drug-likeness (QED) is 0.860. The molecule has 0 saturated carbocycles. The highest BCUT2D eigenvalue weighted by atomic mass is 32.1. The molecule has 0 aliphatic heterocycles. The van der Waals surface area contributed by atoms with Crippen molar-refractivity contribution in [1.82, 2.24) is 20.0 Å². The lowest BCUT2D eigenvalue weighted by atomic mass is 10.4. The van der Waals surface area contributed by atoms with Gasteiger partial charge in [-0.25, -0.2) is 0 Å². The zero-order valence-electron chi connectivity index (χ0n) is 8.98. The van der Waals surface area contributed by atoms with E-state index in [0.29, 0.717) is 0 Å². The highest BCUT2D eigenvalue weighted by Crippen LogP contribution is 2.26. The molecule has 0 aliphatic rings. The van der Waals surface area contributed by atoms with Gasteiger partial charge in [0.25, 0.3) is 0 Å². The predicted molar refractivity (Wildman–Crippen MR) is 61.0 cm³/mol. The molecule has 0 radical (unpaired) electrons. The van der Waals surface area contributed by atoms with Gasteiger partial charge in [-0.15, -0.1) is 10.2 Å². The summed E-state index contributed by atoms with van der Waals surface area (Å²) in [5.41, 5.74) is 2.00. The van der Waals surface area contributed by atoms with Crippen molar-refractivity contribution in [3.05, 3.63) is 11.8 Å². The lowest BCUT2D eigenvalue weighted by Gasteiger charge is -1.94. The van der Waals surface area contributed by atoms with Crippen LogP contribution < -0.4 is 5.32 Å². The molecule has 0 amide bonds. The molecule has 0 aromatic carbocycles. The van der Waals surface area contributed by atoms with Crippen LogP contribution in [0.4, 0.5) is 5.13 Å². The van der Waals surface area contributed by atoms with Crippen LogP contribution in [0.25, 0.3) is 10.7 Å². The lowest BCUT2D eigenvalue weighted by molar-refractivity contribution is 0.762. The molecule has 1 N–H and O–H groups in total. The Bertz CT molecular complexity index is 459. The number of nitrogens with zero attached hydrogens (tertiary/aromatic N) is 4.